The molecule has 5 rings (SSSR count). The van der Waals surface area contributed by atoms with Gasteiger partial charge in [0.15, 0.2) is 0 Å². The number of nitrogens with one attached hydrogen (secondary N) is 1. The van der Waals surface area contributed by atoms with Crippen molar-refractivity contribution in [3.63, 3.8) is 0 Å². The van der Waals surface area contributed by atoms with E-state index in [0.717, 1.165) is 57.0 Å². The molecule has 2 fully saturated rings. The molecule has 35 heavy (non-hydrogen) atoms. The first-order valence-electron chi connectivity index (χ1n) is 11.6. The largest absolute Gasteiger partial charge is 0.375 e. The SMILES string of the molecule is Cc1cc(Cl)cc(-c2ncnc3cc(CN4C(=O)N(C)C(C)(C)C4=O)sc23)c1CC1CNCCO1. The summed E-state index contributed by atoms with van der Waals surface area (Å²) in [6.45, 7) is 8.14. The molecule has 1 unspecified atom stereocenters. The van der Waals surface area contributed by atoms with Gasteiger partial charge in [0.1, 0.15) is 11.9 Å². The van der Waals surface area contributed by atoms with E-state index < -0.39 is 5.54 Å². The molecular formula is C25H28ClN5O3S. The average molecular weight is 514 g/mol. The van der Waals surface area contributed by atoms with Gasteiger partial charge < -0.3 is 15.0 Å². The van der Waals surface area contributed by atoms with Crippen LogP contribution in [0.15, 0.2) is 24.5 Å². The number of benzene rings is 1. The van der Waals surface area contributed by atoms with E-state index >= 15 is 0 Å². The number of thiophene rings is 1. The maximum atomic E-state index is 12.9. The van der Waals surface area contributed by atoms with E-state index in [1.807, 2.05) is 18.2 Å². The Bertz CT molecular complexity index is 1320. The Hall–Kier alpha value is -2.59. The Morgan fingerprint density at radius 3 is 2.74 bits per heavy atom. The van der Waals surface area contributed by atoms with E-state index in [2.05, 4.69) is 22.2 Å². The van der Waals surface area contributed by atoms with Crippen LogP contribution in [0.5, 0.6) is 0 Å². The lowest BCUT2D eigenvalue weighted by atomic mass is 9.94. The zero-order chi connectivity index (χ0) is 24.9. The number of carbonyl (C=O) groups excluding carboxylic acids is 2. The maximum Gasteiger partial charge on any atom is 0.327 e. The number of likely N-dealkylation sites (N-methyl/N-ethyl adjacent to an activating group) is 1. The Labute approximate surface area is 213 Å². The van der Waals surface area contributed by atoms with Gasteiger partial charge in [-0.15, -0.1) is 11.3 Å². The highest BCUT2D eigenvalue weighted by Gasteiger charge is 2.49. The summed E-state index contributed by atoms with van der Waals surface area (Å²) in [6.07, 6.45) is 2.37. The number of carbonyl (C=O) groups is 2. The number of imide groups is 1. The zero-order valence-corrected chi connectivity index (χ0v) is 21.8. The van der Waals surface area contributed by atoms with Crippen LogP contribution in [0.2, 0.25) is 5.02 Å². The van der Waals surface area contributed by atoms with Crippen molar-refractivity contribution < 1.29 is 14.3 Å². The van der Waals surface area contributed by atoms with Crippen molar-refractivity contribution in [1.29, 1.82) is 0 Å². The molecule has 2 aromatic heterocycles. The molecule has 4 heterocycles. The van der Waals surface area contributed by atoms with Crippen LogP contribution in [-0.2, 0) is 22.5 Å². The van der Waals surface area contributed by atoms with E-state index in [-0.39, 0.29) is 24.6 Å². The second-order valence-corrected chi connectivity index (χ2v) is 11.2. The molecule has 2 saturated heterocycles. The van der Waals surface area contributed by atoms with Crippen LogP contribution in [0.1, 0.15) is 29.9 Å². The molecule has 1 N–H and O–H groups in total. The van der Waals surface area contributed by atoms with Crippen molar-refractivity contribution in [1.82, 2.24) is 25.1 Å². The Morgan fingerprint density at radius 2 is 2.06 bits per heavy atom. The minimum Gasteiger partial charge on any atom is -0.375 e. The fraction of sp³-hybridized carbons (Fsp3) is 0.440. The number of amides is 3. The van der Waals surface area contributed by atoms with Gasteiger partial charge in [0.2, 0.25) is 0 Å². The number of hydrogen-bond acceptors (Lipinski definition) is 7. The molecule has 0 aliphatic carbocycles. The lowest BCUT2D eigenvalue weighted by molar-refractivity contribution is -0.131. The van der Waals surface area contributed by atoms with Crippen molar-refractivity contribution in [2.24, 2.45) is 0 Å². The highest BCUT2D eigenvalue weighted by molar-refractivity contribution is 7.19. The molecule has 1 aromatic carbocycles. The Morgan fingerprint density at radius 1 is 1.26 bits per heavy atom. The second-order valence-electron chi connectivity index (χ2n) is 9.59. The number of morpholine rings is 1. The van der Waals surface area contributed by atoms with Crippen LogP contribution >= 0.6 is 22.9 Å². The lowest BCUT2D eigenvalue weighted by Crippen LogP contribution is -2.41. The number of urea groups is 1. The zero-order valence-electron chi connectivity index (χ0n) is 20.2. The maximum absolute atomic E-state index is 12.9. The van der Waals surface area contributed by atoms with Crippen LogP contribution in [0.25, 0.3) is 21.5 Å². The number of hydrogen-bond donors (Lipinski definition) is 1. The van der Waals surface area contributed by atoms with Crippen LogP contribution in [-0.4, -0.2) is 70.1 Å². The standard InChI is InChI=1S/C25H28ClN5O3S/c1-14-7-15(26)8-19(18(14)9-16-11-27-5-6-34-16)21-22-20(28-13-29-21)10-17(35-22)12-31-23(32)25(2,3)30(4)24(31)33/h7-8,10,13,16,27H,5-6,9,11-12H2,1-4H3. The molecule has 0 saturated carbocycles. The number of rotatable bonds is 5. The monoisotopic (exact) mass is 513 g/mol. The summed E-state index contributed by atoms with van der Waals surface area (Å²) in [5.41, 5.74) is 3.91. The van der Waals surface area contributed by atoms with Gasteiger partial charge in [0, 0.05) is 42.0 Å². The smallest absolute Gasteiger partial charge is 0.327 e. The molecule has 3 aromatic rings. The summed E-state index contributed by atoms with van der Waals surface area (Å²) in [5.74, 6) is -0.206. The number of nitrogens with zero attached hydrogens (tertiary/aromatic N) is 4. The quantitative estimate of drug-likeness (QED) is 0.518. The number of halogens is 1. The third kappa shape index (κ3) is 4.31. The molecule has 0 radical (unpaired) electrons. The summed E-state index contributed by atoms with van der Waals surface area (Å²) >= 11 is 7.99. The molecule has 0 spiro atoms. The first kappa shape index (κ1) is 24.1. The van der Waals surface area contributed by atoms with E-state index in [0.29, 0.717) is 11.6 Å². The third-order valence-electron chi connectivity index (χ3n) is 6.93. The first-order valence-corrected chi connectivity index (χ1v) is 12.8. The number of aromatic nitrogens is 2. The average Bonchev–Trinajstić information content (AvgIpc) is 3.31. The third-order valence-corrected chi connectivity index (χ3v) is 8.26. The van der Waals surface area contributed by atoms with Crippen molar-refractivity contribution in [3.05, 3.63) is 45.6 Å². The summed E-state index contributed by atoms with van der Waals surface area (Å²) < 4.78 is 6.87. The minimum atomic E-state index is -0.859. The van der Waals surface area contributed by atoms with Gasteiger partial charge in [-0.25, -0.2) is 14.8 Å². The molecule has 2 aliphatic heterocycles. The van der Waals surface area contributed by atoms with Crippen LogP contribution in [0, 0.1) is 6.92 Å². The predicted octanol–water partition coefficient (Wildman–Crippen LogP) is 4.02. The minimum absolute atomic E-state index is 0.0751. The van der Waals surface area contributed by atoms with Gasteiger partial charge in [-0.3, -0.25) is 9.69 Å². The molecule has 3 amide bonds. The normalized spacial score (nSPS) is 20.3. The van der Waals surface area contributed by atoms with Crippen molar-refractivity contribution in [2.75, 3.05) is 26.7 Å². The van der Waals surface area contributed by atoms with Gasteiger partial charge in [-0.2, -0.15) is 0 Å². The van der Waals surface area contributed by atoms with Gasteiger partial charge in [0.25, 0.3) is 5.91 Å². The number of fused-ring (bicyclic) bond motifs is 1. The summed E-state index contributed by atoms with van der Waals surface area (Å²) in [4.78, 5) is 38.4. The highest BCUT2D eigenvalue weighted by atomic mass is 35.5. The summed E-state index contributed by atoms with van der Waals surface area (Å²) in [6, 6.07) is 5.56. The fourth-order valence-corrected chi connectivity index (χ4v) is 6.06. The van der Waals surface area contributed by atoms with Crippen molar-refractivity contribution >= 4 is 45.1 Å². The van der Waals surface area contributed by atoms with Gasteiger partial charge in [-0.1, -0.05) is 11.6 Å². The molecular weight excluding hydrogens is 486 g/mol. The van der Waals surface area contributed by atoms with Gasteiger partial charge >= 0.3 is 6.03 Å². The molecule has 1 atom stereocenters. The van der Waals surface area contributed by atoms with Crippen LogP contribution < -0.4 is 5.32 Å². The highest BCUT2D eigenvalue weighted by Crippen LogP contribution is 2.38. The predicted molar refractivity (Wildman–Crippen MR) is 137 cm³/mol. The molecule has 2 aliphatic rings. The second kappa shape index (κ2) is 9.13. The van der Waals surface area contributed by atoms with Crippen molar-refractivity contribution in [3.8, 4) is 11.3 Å². The fourth-order valence-electron chi connectivity index (χ4n) is 4.68. The summed E-state index contributed by atoms with van der Waals surface area (Å²) in [7, 11) is 1.66. The molecule has 184 valence electrons. The Kier molecular flexibility index (Phi) is 6.29. The van der Waals surface area contributed by atoms with Gasteiger partial charge in [-0.05, 0) is 50.1 Å². The first-order chi connectivity index (χ1) is 16.7. The van der Waals surface area contributed by atoms with E-state index in [9.17, 15) is 9.59 Å². The Balaban J connectivity index is 1.53. The van der Waals surface area contributed by atoms with E-state index in [4.69, 9.17) is 16.3 Å². The van der Waals surface area contributed by atoms with Crippen LogP contribution in [0.3, 0.4) is 0 Å². The number of aryl methyl sites for hydroxylation is 1. The molecule has 8 nitrogen and oxygen atoms in total. The lowest BCUT2D eigenvalue weighted by Gasteiger charge is -2.25. The van der Waals surface area contributed by atoms with E-state index in [1.54, 1.807) is 27.2 Å². The molecule has 0 bridgehead atoms. The number of ether oxygens (including phenoxy) is 1. The molecule has 10 heteroatoms. The summed E-state index contributed by atoms with van der Waals surface area (Å²) in [5, 5.41) is 4.04. The van der Waals surface area contributed by atoms with E-state index in [1.165, 1.54) is 21.1 Å². The van der Waals surface area contributed by atoms with Crippen molar-refractivity contribution in [2.45, 2.75) is 45.4 Å². The van der Waals surface area contributed by atoms with Gasteiger partial charge in [0.05, 0.1) is 35.2 Å². The van der Waals surface area contributed by atoms with Crippen LogP contribution in [0.4, 0.5) is 4.79 Å². The topological polar surface area (TPSA) is 87.7 Å².